The maximum absolute atomic E-state index is 11.6. The molecule has 1 rings (SSSR count). The van der Waals surface area contributed by atoms with Crippen LogP contribution in [0.4, 0.5) is 0 Å². The standard InChI is InChI=1S/C10H19N3O2/c1-8(14)12-7-10(15)13-4-2-9(6-11)3-5-13/h9H,2-7,11H2,1H3,(H,12,14). The molecule has 5 nitrogen and oxygen atoms in total. The molecule has 0 bridgehead atoms. The van der Waals surface area contributed by atoms with Gasteiger partial charge in [-0.2, -0.15) is 0 Å². The van der Waals surface area contributed by atoms with Crippen LogP contribution in [0.2, 0.25) is 0 Å². The molecule has 0 radical (unpaired) electrons. The van der Waals surface area contributed by atoms with Crippen molar-refractivity contribution in [3.05, 3.63) is 0 Å². The number of nitrogens with one attached hydrogen (secondary N) is 1. The zero-order valence-corrected chi connectivity index (χ0v) is 9.16. The average molecular weight is 213 g/mol. The maximum atomic E-state index is 11.6. The number of hydrogen-bond donors (Lipinski definition) is 2. The molecule has 1 fully saturated rings. The highest BCUT2D eigenvalue weighted by atomic mass is 16.2. The van der Waals surface area contributed by atoms with Crippen LogP contribution in [-0.2, 0) is 9.59 Å². The topological polar surface area (TPSA) is 75.4 Å². The van der Waals surface area contributed by atoms with Crippen molar-refractivity contribution in [3.63, 3.8) is 0 Å². The van der Waals surface area contributed by atoms with Crippen molar-refractivity contribution >= 4 is 11.8 Å². The molecule has 0 aliphatic carbocycles. The van der Waals surface area contributed by atoms with E-state index in [2.05, 4.69) is 5.32 Å². The number of amides is 2. The summed E-state index contributed by atoms with van der Waals surface area (Å²) in [7, 11) is 0. The Kier molecular flexibility index (Phi) is 4.55. The first kappa shape index (κ1) is 12.0. The molecule has 0 unspecified atom stereocenters. The first-order valence-corrected chi connectivity index (χ1v) is 5.35. The average Bonchev–Trinajstić information content (AvgIpc) is 2.26. The predicted molar refractivity (Wildman–Crippen MR) is 57.0 cm³/mol. The van der Waals surface area contributed by atoms with Crippen LogP contribution in [0.25, 0.3) is 0 Å². The van der Waals surface area contributed by atoms with Gasteiger partial charge in [-0.1, -0.05) is 0 Å². The van der Waals surface area contributed by atoms with Gasteiger partial charge in [-0.3, -0.25) is 9.59 Å². The fraction of sp³-hybridized carbons (Fsp3) is 0.800. The second-order valence-electron chi connectivity index (χ2n) is 3.97. The van der Waals surface area contributed by atoms with Crippen molar-refractivity contribution in [1.82, 2.24) is 10.2 Å². The number of carbonyl (C=O) groups is 2. The van der Waals surface area contributed by atoms with Gasteiger partial charge in [0.15, 0.2) is 0 Å². The molecule has 0 aromatic heterocycles. The van der Waals surface area contributed by atoms with E-state index in [1.165, 1.54) is 6.92 Å². The van der Waals surface area contributed by atoms with Crippen molar-refractivity contribution in [2.45, 2.75) is 19.8 Å². The van der Waals surface area contributed by atoms with Gasteiger partial charge >= 0.3 is 0 Å². The Labute approximate surface area is 90.0 Å². The van der Waals surface area contributed by atoms with Gasteiger partial charge in [-0.15, -0.1) is 0 Å². The second-order valence-corrected chi connectivity index (χ2v) is 3.97. The SMILES string of the molecule is CC(=O)NCC(=O)N1CCC(CN)CC1. The lowest BCUT2D eigenvalue weighted by Gasteiger charge is -2.31. The first-order chi connectivity index (χ1) is 7.13. The number of nitrogens with two attached hydrogens (primary N) is 1. The summed E-state index contributed by atoms with van der Waals surface area (Å²) in [4.78, 5) is 24.0. The van der Waals surface area contributed by atoms with E-state index in [9.17, 15) is 9.59 Å². The van der Waals surface area contributed by atoms with E-state index in [4.69, 9.17) is 5.73 Å². The minimum atomic E-state index is -0.166. The van der Waals surface area contributed by atoms with Gasteiger partial charge in [0.25, 0.3) is 0 Å². The van der Waals surface area contributed by atoms with E-state index < -0.39 is 0 Å². The Bertz CT molecular complexity index is 235. The van der Waals surface area contributed by atoms with E-state index in [0.29, 0.717) is 12.5 Å². The van der Waals surface area contributed by atoms with Crippen LogP contribution < -0.4 is 11.1 Å². The molecule has 1 aliphatic rings. The van der Waals surface area contributed by atoms with Crippen LogP contribution in [-0.4, -0.2) is 42.9 Å². The minimum Gasteiger partial charge on any atom is -0.347 e. The third-order valence-electron chi connectivity index (χ3n) is 2.79. The van der Waals surface area contributed by atoms with Crippen LogP contribution in [0.3, 0.4) is 0 Å². The van der Waals surface area contributed by atoms with Gasteiger partial charge < -0.3 is 16.0 Å². The monoisotopic (exact) mass is 213 g/mol. The van der Waals surface area contributed by atoms with Gasteiger partial charge in [0.05, 0.1) is 6.54 Å². The zero-order chi connectivity index (χ0) is 11.3. The summed E-state index contributed by atoms with van der Waals surface area (Å²) in [5, 5.41) is 2.51. The molecule has 86 valence electrons. The lowest BCUT2D eigenvalue weighted by atomic mass is 9.97. The molecule has 1 heterocycles. The highest BCUT2D eigenvalue weighted by Crippen LogP contribution is 2.15. The molecule has 0 aromatic rings. The highest BCUT2D eigenvalue weighted by molar-refractivity contribution is 5.83. The molecule has 5 heteroatoms. The quantitative estimate of drug-likeness (QED) is 0.652. The number of carbonyl (C=O) groups excluding carboxylic acids is 2. The minimum absolute atomic E-state index is 0.000622. The van der Waals surface area contributed by atoms with Gasteiger partial charge in [-0.05, 0) is 25.3 Å². The van der Waals surface area contributed by atoms with Crippen LogP contribution in [0.5, 0.6) is 0 Å². The summed E-state index contributed by atoms with van der Waals surface area (Å²) in [5.74, 6) is 0.385. The van der Waals surface area contributed by atoms with Crippen molar-refractivity contribution in [2.24, 2.45) is 11.7 Å². The summed E-state index contributed by atoms with van der Waals surface area (Å²) in [6, 6.07) is 0. The predicted octanol–water partition coefficient (Wildman–Crippen LogP) is -0.680. The van der Waals surface area contributed by atoms with Crippen LogP contribution in [0.15, 0.2) is 0 Å². The lowest BCUT2D eigenvalue weighted by molar-refractivity contribution is -0.133. The van der Waals surface area contributed by atoms with E-state index in [1.807, 2.05) is 0 Å². The molecule has 1 aliphatic heterocycles. The number of nitrogens with zero attached hydrogens (tertiary/aromatic N) is 1. The lowest BCUT2D eigenvalue weighted by Crippen LogP contribution is -2.44. The number of piperidine rings is 1. The molecule has 0 saturated carbocycles. The Morgan fingerprint density at radius 3 is 2.47 bits per heavy atom. The van der Waals surface area contributed by atoms with Crippen LogP contribution in [0, 0.1) is 5.92 Å². The van der Waals surface area contributed by atoms with Gasteiger partial charge in [0.2, 0.25) is 11.8 Å². The van der Waals surface area contributed by atoms with Crippen molar-refractivity contribution in [2.75, 3.05) is 26.2 Å². The van der Waals surface area contributed by atoms with E-state index >= 15 is 0 Å². The molecule has 15 heavy (non-hydrogen) atoms. The Morgan fingerprint density at radius 2 is 2.00 bits per heavy atom. The Morgan fingerprint density at radius 1 is 1.40 bits per heavy atom. The summed E-state index contributed by atoms with van der Waals surface area (Å²) in [6.07, 6.45) is 1.95. The molecule has 3 N–H and O–H groups in total. The summed E-state index contributed by atoms with van der Waals surface area (Å²) >= 11 is 0. The third-order valence-corrected chi connectivity index (χ3v) is 2.79. The fourth-order valence-corrected chi connectivity index (χ4v) is 1.73. The third kappa shape index (κ3) is 3.87. The van der Waals surface area contributed by atoms with Gasteiger partial charge in [0.1, 0.15) is 0 Å². The maximum Gasteiger partial charge on any atom is 0.241 e. The van der Waals surface area contributed by atoms with E-state index in [0.717, 1.165) is 25.9 Å². The summed E-state index contributed by atoms with van der Waals surface area (Å²) in [5.41, 5.74) is 5.56. The van der Waals surface area contributed by atoms with Gasteiger partial charge in [0, 0.05) is 20.0 Å². The zero-order valence-electron chi connectivity index (χ0n) is 9.16. The first-order valence-electron chi connectivity index (χ1n) is 5.35. The molecule has 0 aromatic carbocycles. The highest BCUT2D eigenvalue weighted by Gasteiger charge is 2.21. The van der Waals surface area contributed by atoms with E-state index in [1.54, 1.807) is 4.90 Å². The fourth-order valence-electron chi connectivity index (χ4n) is 1.73. The largest absolute Gasteiger partial charge is 0.347 e. The summed E-state index contributed by atoms with van der Waals surface area (Å²) in [6.45, 7) is 3.75. The molecule has 0 spiro atoms. The van der Waals surface area contributed by atoms with Crippen molar-refractivity contribution in [3.8, 4) is 0 Å². The molecule has 0 atom stereocenters. The number of hydrogen-bond acceptors (Lipinski definition) is 3. The molecule has 2 amide bonds. The van der Waals surface area contributed by atoms with Crippen molar-refractivity contribution < 1.29 is 9.59 Å². The number of likely N-dealkylation sites (tertiary alicyclic amines) is 1. The van der Waals surface area contributed by atoms with Gasteiger partial charge in [-0.25, -0.2) is 0 Å². The number of rotatable bonds is 3. The Hall–Kier alpha value is -1.10. The second kappa shape index (κ2) is 5.70. The summed E-state index contributed by atoms with van der Waals surface area (Å²) < 4.78 is 0. The normalized spacial score (nSPS) is 17.6. The Balaban J connectivity index is 2.27. The van der Waals surface area contributed by atoms with Crippen molar-refractivity contribution in [1.29, 1.82) is 0 Å². The molecular formula is C10H19N3O2. The smallest absolute Gasteiger partial charge is 0.241 e. The van der Waals surface area contributed by atoms with Crippen LogP contribution in [0.1, 0.15) is 19.8 Å². The molecule has 1 saturated heterocycles. The van der Waals surface area contributed by atoms with E-state index in [-0.39, 0.29) is 18.4 Å². The molecular weight excluding hydrogens is 194 g/mol. The van der Waals surface area contributed by atoms with Crippen LogP contribution >= 0.6 is 0 Å².